The zero-order chi connectivity index (χ0) is 10.9. The molecule has 2 nitrogen and oxygen atoms in total. The molecule has 0 bridgehead atoms. The molecule has 0 amide bonds. The van der Waals surface area contributed by atoms with Crippen molar-refractivity contribution in [3.05, 3.63) is 21.1 Å². The second kappa shape index (κ2) is 4.53. The minimum Gasteiger partial charge on any atom is -0.376 e. The summed E-state index contributed by atoms with van der Waals surface area (Å²) >= 11 is 7.01. The molecule has 0 N–H and O–H groups in total. The Balaban J connectivity index is 3.31. The predicted molar refractivity (Wildman–Crippen MR) is 70.5 cm³/mol. The van der Waals surface area contributed by atoms with Crippen LogP contribution in [-0.4, -0.2) is 28.2 Å². The van der Waals surface area contributed by atoms with E-state index in [1.807, 2.05) is 28.2 Å². The Labute approximate surface area is 102 Å². The fraction of sp³-hybridized carbons (Fsp3) is 0.400. The van der Waals surface area contributed by atoms with Gasteiger partial charge in [-0.15, -0.1) is 0 Å². The van der Waals surface area contributed by atoms with Crippen LogP contribution in [0.25, 0.3) is 0 Å². The minimum atomic E-state index is 1.08. The maximum atomic E-state index is 3.51. The molecule has 1 aromatic carbocycles. The summed E-state index contributed by atoms with van der Waals surface area (Å²) in [6.07, 6.45) is 0. The maximum Gasteiger partial charge on any atom is 0.0610 e. The van der Waals surface area contributed by atoms with E-state index in [4.69, 9.17) is 0 Å². The van der Waals surface area contributed by atoms with Gasteiger partial charge in [0.25, 0.3) is 0 Å². The van der Waals surface area contributed by atoms with Gasteiger partial charge in [0.05, 0.1) is 11.4 Å². The number of hydrogen-bond acceptors (Lipinski definition) is 2. The van der Waals surface area contributed by atoms with Crippen molar-refractivity contribution in [3.63, 3.8) is 0 Å². The van der Waals surface area contributed by atoms with Gasteiger partial charge in [-0.3, -0.25) is 0 Å². The molecule has 0 unspecified atom stereocenters. The first-order chi connectivity index (χ1) is 6.43. The molecule has 0 aliphatic carbocycles. The van der Waals surface area contributed by atoms with Crippen molar-refractivity contribution in [2.45, 2.75) is 0 Å². The fourth-order valence-electron chi connectivity index (χ4n) is 1.24. The van der Waals surface area contributed by atoms with Crippen LogP contribution in [0, 0.1) is 0 Å². The third-order valence-corrected chi connectivity index (χ3v) is 3.83. The first-order valence-corrected chi connectivity index (χ1v) is 5.85. The highest BCUT2D eigenvalue weighted by atomic mass is 79.9. The smallest absolute Gasteiger partial charge is 0.0610 e. The quantitative estimate of drug-likeness (QED) is 0.824. The molecule has 14 heavy (non-hydrogen) atoms. The van der Waals surface area contributed by atoms with Crippen molar-refractivity contribution in [2.24, 2.45) is 0 Å². The molecular weight excluding hydrogens is 308 g/mol. The molecule has 0 heterocycles. The maximum absolute atomic E-state index is 3.51. The molecule has 0 aromatic heterocycles. The van der Waals surface area contributed by atoms with Gasteiger partial charge in [0, 0.05) is 37.1 Å². The Morgan fingerprint density at radius 3 is 1.29 bits per heavy atom. The van der Waals surface area contributed by atoms with Crippen LogP contribution in [0.2, 0.25) is 0 Å². The lowest BCUT2D eigenvalue weighted by molar-refractivity contribution is 1.07. The summed E-state index contributed by atoms with van der Waals surface area (Å²) in [5.74, 6) is 0. The molecule has 0 radical (unpaired) electrons. The van der Waals surface area contributed by atoms with Gasteiger partial charge in [0.2, 0.25) is 0 Å². The van der Waals surface area contributed by atoms with Crippen LogP contribution in [0.5, 0.6) is 0 Å². The molecular formula is C10H14Br2N2. The first kappa shape index (κ1) is 11.9. The Kier molecular flexibility index (Phi) is 3.84. The lowest BCUT2D eigenvalue weighted by atomic mass is 10.2. The summed E-state index contributed by atoms with van der Waals surface area (Å²) in [5.41, 5.74) is 2.40. The van der Waals surface area contributed by atoms with Gasteiger partial charge in [-0.25, -0.2) is 0 Å². The molecule has 0 aliphatic heterocycles. The fourth-order valence-corrected chi connectivity index (χ4v) is 1.90. The summed E-state index contributed by atoms with van der Waals surface area (Å²) < 4.78 is 2.15. The number of hydrogen-bond donors (Lipinski definition) is 0. The molecule has 0 saturated heterocycles. The summed E-state index contributed by atoms with van der Waals surface area (Å²) in [6, 6.07) is 4.22. The first-order valence-electron chi connectivity index (χ1n) is 4.27. The van der Waals surface area contributed by atoms with Crippen molar-refractivity contribution in [2.75, 3.05) is 38.0 Å². The van der Waals surface area contributed by atoms with Crippen LogP contribution in [-0.2, 0) is 0 Å². The number of anilines is 2. The largest absolute Gasteiger partial charge is 0.376 e. The van der Waals surface area contributed by atoms with Crippen LogP contribution in [0.3, 0.4) is 0 Å². The molecule has 4 heteroatoms. The molecule has 0 aliphatic rings. The Hall–Kier alpha value is -0.220. The van der Waals surface area contributed by atoms with Crippen molar-refractivity contribution >= 4 is 43.2 Å². The number of halogens is 2. The van der Waals surface area contributed by atoms with Crippen LogP contribution in [0.1, 0.15) is 0 Å². The zero-order valence-corrected chi connectivity index (χ0v) is 12.0. The van der Waals surface area contributed by atoms with E-state index in [1.54, 1.807) is 0 Å². The molecule has 0 fully saturated rings. The van der Waals surface area contributed by atoms with E-state index in [1.165, 1.54) is 11.4 Å². The highest BCUT2D eigenvalue weighted by molar-refractivity contribution is 9.13. The lowest BCUT2D eigenvalue weighted by Crippen LogP contribution is -2.16. The topological polar surface area (TPSA) is 6.48 Å². The molecule has 0 saturated carbocycles. The third-order valence-electron chi connectivity index (χ3n) is 1.98. The highest BCUT2D eigenvalue weighted by Gasteiger charge is 2.09. The van der Waals surface area contributed by atoms with E-state index in [-0.39, 0.29) is 0 Å². The lowest BCUT2D eigenvalue weighted by Gasteiger charge is -2.23. The monoisotopic (exact) mass is 320 g/mol. The highest BCUT2D eigenvalue weighted by Crippen LogP contribution is 2.35. The standard InChI is InChI=1S/C10H14Br2N2/c1-13(2)9-5-7(11)8(12)6-10(9)14(3)4/h5-6H,1-4H3. The van der Waals surface area contributed by atoms with E-state index in [9.17, 15) is 0 Å². The normalized spacial score (nSPS) is 10.1. The van der Waals surface area contributed by atoms with Crippen molar-refractivity contribution in [1.29, 1.82) is 0 Å². The molecule has 1 aromatic rings. The van der Waals surface area contributed by atoms with Crippen LogP contribution < -0.4 is 9.80 Å². The van der Waals surface area contributed by atoms with Gasteiger partial charge >= 0.3 is 0 Å². The van der Waals surface area contributed by atoms with Crippen LogP contribution >= 0.6 is 31.9 Å². The Morgan fingerprint density at radius 1 is 0.786 bits per heavy atom. The van der Waals surface area contributed by atoms with E-state index >= 15 is 0 Å². The second-order valence-corrected chi connectivity index (χ2v) is 5.25. The van der Waals surface area contributed by atoms with Gasteiger partial charge in [-0.1, -0.05) is 0 Å². The third kappa shape index (κ3) is 2.42. The van der Waals surface area contributed by atoms with E-state index < -0.39 is 0 Å². The average Bonchev–Trinajstić information content (AvgIpc) is 2.08. The second-order valence-electron chi connectivity index (χ2n) is 3.54. The van der Waals surface area contributed by atoms with E-state index in [2.05, 4.69) is 53.8 Å². The number of rotatable bonds is 2. The zero-order valence-electron chi connectivity index (χ0n) is 8.81. The van der Waals surface area contributed by atoms with Crippen molar-refractivity contribution in [3.8, 4) is 0 Å². The molecule has 0 spiro atoms. The average molecular weight is 322 g/mol. The van der Waals surface area contributed by atoms with Gasteiger partial charge in [0.1, 0.15) is 0 Å². The predicted octanol–water partition coefficient (Wildman–Crippen LogP) is 3.34. The minimum absolute atomic E-state index is 1.08. The molecule has 1 rings (SSSR count). The summed E-state index contributed by atoms with van der Waals surface area (Å²) in [5, 5.41) is 0. The summed E-state index contributed by atoms with van der Waals surface area (Å²) in [4.78, 5) is 4.21. The summed E-state index contributed by atoms with van der Waals surface area (Å²) in [7, 11) is 8.18. The van der Waals surface area contributed by atoms with Gasteiger partial charge in [-0.2, -0.15) is 0 Å². The molecule has 0 atom stereocenters. The van der Waals surface area contributed by atoms with Crippen LogP contribution in [0.4, 0.5) is 11.4 Å². The Bertz CT molecular complexity index is 302. The van der Waals surface area contributed by atoms with Crippen molar-refractivity contribution < 1.29 is 0 Å². The van der Waals surface area contributed by atoms with Gasteiger partial charge in [0.15, 0.2) is 0 Å². The summed E-state index contributed by atoms with van der Waals surface area (Å²) in [6.45, 7) is 0. The van der Waals surface area contributed by atoms with Crippen molar-refractivity contribution in [1.82, 2.24) is 0 Å². The number of nitrogens with zero attached hydrogens (tertiary/aromatic N) is 2. The van der Waals surface area contributed by atoms with E-state index in [0.717, 1.165) is 8.95 Å². The molecule has 78 valence electrons. The number of benzene rings is 1. The SMILES string of the molecule is CN(C)c1cc(Br)c(Br)cc1N(C)C. The van der Waals surface area contributed by atoms with Gasteiger partial charge in [-0.05, 0) is 44.0 Å². The van der Waals surface area contributed by atoms with Crippen LogP contribution in [0.15, 0.2) is 21.1 Å². The van der Waals surface area contributed by atoms with Gasteiger partial charge < -0.3 is 9.80 Å². The van der Waals surface area contributed by atoms with E-state index in [0.29, 0.717) is 0 Å². The Morgan fingerprint density at radius 2 is 1.07 bits per heavy atom.